The van der Waals surface area contributed by atoms with Crippen LogP contribution in [0.1, 0.15) is 36.0 Å². The molecule has 0 saturated heterocycles. The van der Waals surface area contributed by atoms with Gasteiger partial charge in [-0.25, -0.2) is 4.79 Å². The highest BCUT2D eigenvalue weighted by Crippen LogP contribution is 2.27. The van der Waals surface area contributed by atoms with Crippen LogP contribution < -0.4 is 0 Å². The summed E-state index contributed by atoms with van der Waals surface area (Å²) in [6.45, 7) is 6.55. The van der Waals surface area contributed by atoms with E-state index in [1.54, 1.807) is 0 Å². The first-order valence-electron chi connectivity index (χ1n) is 4.93. The Bertz CT molecular complexity index is 331. The van der Waals surface area contributed by atoms with E-state index < -0.39 is 5.97 Å². The molecule has 1 heterocycles. The first-order chi connectivity index (χ1) is 7.02. The number of aromatic carboxylic acids is 1. The van der Waals surface area contributed by atoms with Crippen LogP contribution in [0.3, 0.4) is 0 Å². The third kappa shape index (κ3) is 3.54. The van der Waals surface area contributed by atoms with E-state index in [0.29, 0.717) is 16.0 Å². The van der Waals surface area contributed by atoms with Crippen LogP contribution in [0.15, 0.2) is 11.4 Å². The molecule has 84 valence electrons. The number of hydrogen-bond acceptors (Lipinski definition) is 3. The highest BCUT2D eigenvalue weighted by molar-refractivity contribution is 7.99. The molecule has 1 aromatic heterocycles. The van der Waals surface area contributed by atoms with Crippen LogP contribution in [0.25, 0.3) is 0 Å². The summed E-state index contributed by atoms with van der Waals surface area (Å²) >= 11 is 3.12. The van der Waals surface area contributed by atoms with Crippen LogP contribution in [0.5, 0.6) is 0 Å². The van der Waals surface area contributed by atoms with Gasteiger partial charge in [-0.2, -0.15) is 11.8 Å². The van der Waals surface area contributed by atoms with Gasteiger partial charge in [-0.1, -0.05) is 20.8 Å². The van der Waals surface area contributed by atoms with Crippen molar-refractivity contribution in [1.29, 1.82) is 0 Å². The molecular formula is C11H16O2S2. The molecule has 15 heavy (non-hydrogen) atoms. The Hall–Kier alpha value is -0.480. The summed E-state index contributed by atoms with van der Waals surface area (Å²) in [5, 5.41) is 11.3. The molecule has 1 aromatic rings. The Morgan fingerprint density at radius 2 is 2.20 bits per heavy atom. The molecule has 0 radical (unpaired) electrons. The molecule has 1 N–H and O–H groups in total. The lowest BCUT2D eigenvalue weighted by atomic mass is 10.2. The molecule has 0 amide bonds. The number of carboxylic acid groups (broad SMARTS) is 1. The smallest absolute Gasteiger partial charge is 0.346 e. The number of carbonyl (C=O) groups is 1. The number of thiophene rings is 1. The van der Waals surface area contributed by atoms with E-state index in [2.05, 4.69) is 20.8 Å². The van der Waals surface area contributed by atoms with Crippen LogP contribution in [0.4, 0.5) is 0 Å². The SMILES string of the molecule is CC(C)C(C)SCc1ccsc1C(=O)O. The van der Waals surface area contributed by atoms with Crippen LogP contribution in [0.2, 0.25) is 0 Å². The van der Waals surface area contributed by atoms with E-state index in [1.165, 1.54) is 11.3 Å². The summed E-state index contributed by atoms with van der Waals surface area (Å²) in [5.41, 5.74) is 0.949. The zero-order chi connectivity index (χ0) is 11.4. The second kappa shape index (κ2) is 5.56. The molecule has 1 atom stereocenters. The van der Waals surface area contributed by atoms with Crippen molar-refractivity contribution in [3.8, 4) is 0 Å². The predicted molar refractivity (Wildman–Crippen MR) is 66.9 cm³/mol. The number of rotatable bonds is 5. The van der Waals surface area contributed by atoms with E-state index >= 15 is 0 Å². The molecule has 1 rings (SSSR count). The van der Waals surface area contributed by atoms with Gasteiger partial charge in [-0.15, -0.1) is 11.3 Å². The molecule has 0 saturated carbocycles. The third-order valence-electron chi connectivity index (χ3n) is 2.38. The van der Waals surface area contributed by atoms with Gasteiger partial charge in [-0.05, 0) is 22.9 Å². The van der Waals surface area contributed by atoms with Crippen LogP contribution >= 0.6 is 23.1 Å². The molecule has 0 fully saturated rings. The van der Waals surface area contributed by atoms with Gasteiger partial charge < -0.3 is 5.11 Å². The predicted octanol–water partition coefficient (Wildman–Crippen LogP) is 3.72. The highest BCUT2D eigenvalue weighted by atomic mass is 32.2. The summed E-state index contributed by atoms with van der Waals surface area (Å²) in [6.07, 6.45) is 0. The van der Waals surface area contributed by atoms with Gasteiger partial charge in [0.1, 0.15) is 4.88 Å². The first kappa shape index (κ1) is 12.6. The molecule has 0 bridgehead atoms. The van der Waals surface area contributed by atoms with E-state index in [0.717, 1.165) is 11.3 Å². The van der Waals surface area contributed by atoms with Crippen molar-refractivity contribution in [2.24, 2.45) is 5.92 Å². The standard InChI is InChI=1S/C11H16O2S2/c1-7(2)8(3)15-6-9-4-5-14-10(9)11(12)13/h4-5,7-8H,6H2,1-3H3,(H,12,13). The molecule has 2 nitrogen and oxygen atoms in total. The minimum Gasteiger partial charge on any atom is -0.477 e. The normalized spacial score (nSPS) is 13.1. The fraction of sp³-hybridized carbons (Fsp3) is 0.545. The fourth-order valence-electron chi connectivity index (χ4n) is 1.05. The molecule has 0 aliphatic rings. The summed E-state index contributed by atoms with van der Waals surface area (Å²) in [6, 6.07) is 1.91. The van der Waals surface area contributed by atoms with E-state index in [1.807, 2.05) is 23.2 Å². The fourth-order valence-corrected chi connectivity index (χ4v) is 2.97. The largest absolute Gasteiger partial charge is 0.477 e. The second-order valence-electron chi connectivity index (χ2n) is 3.84. The Balaban J connectivity index is 2.58. The van der Waals surface area contributed by atoms with E-state index in [-0.39, 0.29) is 0 Å². The quantitative estimate of drug-likeness (QED) is 0.857. The molecule has 1 unspecified atom stereocenters. The Morgan fingerprint density at radius 1 is 1.53 bits per heavy atom. The van der Waals surface area contributed by atoms with E-state index in [9.17, 15) is 4.79 Å². The maximum atomic E-state index is 10.9. The number of carboxylic acids is 1. The average molecular weight is 244 g/mol. The second-order valence-corrected chi connectivity index (χ2v) is 6.12. The van der Waals surface area contributed by atoms with Crippen LogP contribution in [0, 0.1) is 5.92 Å². The molecule has 0 aromatic carbocycles. The highest BCUT2D eigenvalue weighted by Gasteiger charge is 2.13. The van der Waals surface area contributed by atoms with Crippen molar-refractivity contribution >= 4 is 29.1 Å². The van der Waals surface area contributed by atoms with Gasteiger partial charge in [-0.3, -0.25) is 0 Å². The number of thioether (sulfide) groups is 1. The van der Waals surface area contributed by atoms with Gasteiger partial charge >= 0.3 is 5.97 Å². The van der Waals surface area contributed by atoms with Gasteiger partial charge in [0, 0.05) is 11.0 Å². The zero-order valence-electron chi connectivity index (χ0n) is 9.19. The Kier molecular flexibility index (Phi) is 4.67. The van der Waals surface area contributed by atoms with Crippen LogP contribution in [-0.4, -0.2) is 16.3 Å². The molecule has 0 spiro atoms. The minimum atomic E-state index is -0.808. The van der Waals surface area contributed by atoms with Gasteiger partial charge in [0.15, 0.2) is 0 Å². The number of hydrogen-bond donors (Lipinski definition) is 1. The summed E-state index contributed by atoms with van der Waals surface area (Å²) in [4.78, 5) is 11.3. The van der Waals surface area contributed by atoms with Crippen molar-refractivity contribution in [2.45, 2.75) is 31.8 Å². The molecule has 4 heteroatoms. The summed E-state index contributed by atoms with van der Waals surface area (Å²) < 4.78 is 0. The monoisotopic (exact) mass is 244 g/mol. The first-order valence-corrected chi connectivity index (χ1v) is 6.86. The molecule has 0 aliphatic heterocycles. The lowest BCUT2D eigenvalue weighted by molar-refractivity contribution is 0.0701. The van der Waals surface area contributed by atoms with Gasteiger partial charge in [0.25, 0.3) is 0 Å². The van der Waals surface area contributed by atoms with Crippen molar-refractivity contribution in [2.75, 3.05) is 0 Å². The molecule has 0 aliphatic carbocycles. The third-order valence-corrected chi connectivity index (χ3v) is 4.87. The maximum Gasteiger partial charge on any atom is 0.346 e. The van der Waals surface area contributed by atoms with Crippen LogP contribution in [-0.2, 0) is 5.75 Å². The topological polar surface area (TPSA) is 37.3 Å². The van der Waals surface area contributed by atoms with E-state index in [4.69, 9.17) is 5.11 Å². The minimum absolute atomic E-state index is 0.485. The lowest BCUT2D eigenvalue weighted by Gasteiger charge is -2.14. The summed E-state index contributed by atoms with van der Waals surface area (Å²) in [7, 11) is 0. The average Bonchev–Trinajstić information content (AvgIpc) is 2.61. The van der Waals surface area contributed by atoms with Crippen molar-refractivity contribution in [3.63, 3.8) is 0 Å². The Morgan fingerprint density at radius 3 is 2.73 bits per heavy atom. The summed E-state index contributed by atoms with van der Waals surface area (Å²) in [5.74, 6) is 0.615. The van der Waals surface area contributed by atoms with Crippen molar-refractivity contribution < 1.29 is 9.90 Å². The molecular weight excluding hydrogens is 228 g/mol. The lowest BCUT2D eigenvalue weighted by Crippen LogP contribution is -2.06. The van der Waals surface area contributed by atoms with Gasteiger partial charge in [0.05, 0.1) is 0 Å². The van der Waals surface area contributed by atoms with Gasteiger partial charge in [0.2, 0.25) is 0 Å². The van der Waals surface area contributed by atoms with Crippen molar-refractivity contribution in [1.82, 2.24) is 0 Å². The zero-order valence-corrected chi connectivity index (χ0v) is 10.8. The maximum absolute atomic E-state index is 10.9. The van der Waals surface area contributed by atoms with Crippen molar-refractivity contribution in [3.05, 3.63) is 21.9 Å². The Labute approximate surface area is 98.7 Å².